The van der Waals surface area contributed by atoms with Crippen LogP contribution in [0.1, 0.15) is 24.7 Å². The maximum Gasteiger partial charge on any atom is 0.248 e. The Morgan fingerprint density at radius 2 is 2.09 bits per heavy atom. The van der Waals surface area contributed by atoms with Crippen molar-refractivity contribution in [1.82, 2.24) is 14.8 Å². The van der Waals surface area contributed by atoms with Gasteiger partial charge in [0.05, 0.1) is 12.8 Å². The van der Waals surface area contributed by atoms with Crippen LogP contribution < -0.4 is 4.74 Å². The summed E-state index contributed by atoms with van der Waals surface area (Å²) in [6, 6.07) is 4.53. The van der Waals surface area contributed by atoms with E-state index in [1.165, 1.54) is 29.2 Å². The molecular weight excluding hydrogens is 296 g/mol. The number of ether oxygens (including phenoxy) is 1. The van der Waals surface area contributed by atoms with Crippen molar-refractivity contribution in [2.24, 2.45) is 5.92 Å². The summed E-state index contributed by atoms with van der Waals surface area (Å²) in [4.78, 5) is 4.09. The molecule has 3 rings (SSSR count). The number of rotatable bonds is 5. The van der Waals surface area contributed by atoms with Crippen molar-refractivity contribution in [3.63, 3.8) is 0 Å². The van der Waals surface area contributed by atoms with Crippen molar-refractivity contribution in [3.8, 4) is 11.7 Å². The molecule has 1 fully saturated rings. The molecule has 2 heterocycles. The third kappa shape index (κ3) is 3.07. The summed E-state index contributed by atoms with van der Waals surface area (Å²) in [6.07, 6.45) is 0.979. The minimum Gasteiger partial charge on any atom is -0.477 e. The first-order chi connectivity index (χ1) is 10.4. The van der Waals surface area contributed by atoms with E-state index in [0.717, 1.165) is 0 Å². The van der Waals surface area contributed by atoms with Crippen molar-refractivity contribution < 1.29 is 23.7 Å². The van der Waals surface area contributed by atoms with Gasteiger partial charge in [0.2, 0.25) is 11.8 Å². The van der Waals surface area contributed by atoms with Gasteiger partial charge in [-0.25, -0.2) is 13.8 Å². The molecule has 22 heavy (non-hydrogen) atoms. The maximum atomic E-state index is 12.8. The van der Waals surface area contributed by atoms with Crippen LogP contribution in [-0.4, -0.2) is 37.5 Å². The van der Waals surface area contributed by atoms with Crippen LogP contribution in [0.4, 0.5) is 8.78 Å². The first kappa shape index (κ1) is 14.9. The number of alkyl halides is 2. The molecule has 0 bridgehead atoms. The van der Waals surface area contributed by atoms with E-state index in [1.807, 2.05) is 0 Å². The highest BCUT2D eigenvalue weighted by atomic mass is 19.3. The third-order valence-electron chi connectivity index (χ3n) is 3.53. The van der Waals surface area contributed by atoms with Gasteiger partial charge in [-0.15, -0.1) is 0 Å². The van der Waals surface area contributed by atoms with Crippen molar-refractivity contribution in [2.75, 3.05) is 6.61 Å². The standard InChI is InChI=1S/C14H15F2N3O3/c15-14(16)6-9(7-14)8-22-12-2-4-18-19(12)11-5-10(13(20)21)1-3-17-11/h1-5,9,13,20-21H,6-8H2. The summed E-state index contributed by atoms with van der Waals surface area (Å²) in [7, 11) is 0. The highest BCUT2D eigenvalue weighted by Crippen LogP contribution is 2.42. The summed E-state index contributed by atoms with van der Waals surface area (Å²) in [5, 5.41) is 22.4. The fourth-order valence-electron chi connectivity index (χ4n) is 2.39. The lowest BCUT2D eigenvalue weighted by Crippen LogP contribution is -2.38. The monoisotopic (exact) mass is 311 g/mol. The number of hydrogen-bond donors (Lipinski definition) is 2. The van der Waals surface area contributed by atoms with E-state index in [2.05, 4.69) is 10.1 Å². The molecule has 0 aromatic carbocycles. The molecule has 0 amide bonds. The van der Waals surface area contributed by atoms with E-state index in [0.29, 0.717) is 11.7 Å². The number of nitrogens with zero attached hydrogens (tertiary/aromatic N) is 3. The molecule has 1 aliphatic carbocycles. The molecule has 0 unspecified atom stereocenters. The second-order valence-corrected chi connectivity index (χ2v) is 5.34. The van der Waals surface area contributed by atoms with E-state index >= 15 is 0 Å². The van der Waals surface area contributed by atoms with Crippen LogP contribution >= 0.6 is 0 Å². The Morgan fingerprint density at radius 3 is 2.77 bits per heavy atom. The quantitative estimate of drug-likeness (QED) is 0.821. The van der Waals surface area contributed by atoms with Gasteiger partial charge in [0.1, 0.15) is 0 Å². The topological polar surface area (TPSA) is 80.4 Å². The van der Waals surface area contributed by atoms with Crippen LogP contribution in [0.3, 0.4) is 0 Å². The number of aliphatic hydroxyl groups excluding tert-OH is 1. The summed E-state index contributed by atoms with van der Waals surface area (Å²) >= 11 is 0. The van der Waals surface area contributed by atoms with E-state index in [9.17, 15) is 19.0 Å². The molecule has 1 saturated carbocycles. The molecule has 0 aliphatic heterocycles. The van der Waals surface area contributed by atoms with E-state index in [1.54, 1.807) is 6.07 Å². The molecule has 6 nitrogen and oxygen atoms in total. The van der Waals surface area contributed by atoms with Crippen LogP contribution in [0.15, 0.2) is 30.6 Å². The maximum absolute atomic E-state index is 12.8. The molecular formula is C14H15F2N3O3. The lowest BCUT2D eigenvalue weighted by atomic mass is 9.82. The lowest BCUT2D eigenvalue weighted by Gasteiger charge is -2.34. The summed E-state index contributed by atoms with van der Waals surface area (Å²) in [5.41, 5.74) is 0.269. The minimum absolute atomic E-state index is 0.161. The third-order valence-corrected chi connectivity index (χ3v) is 3.53. The van der Waals surface area contributed by atoms with Gasteiger partial charge in [-0.2, -0.15) is 9.78 Å². The molecule has 2 aromatic heterocycles. The molecule has 0 radical (unpaired) electrons. The van der Waals surface area contributed by atoms with Crippen molar-refractivity contribution >= 4 is 0 Å². The summed E-state index contributed by atoms with van der Waals surface area (Å²) in [6.45, 7) is 0.184. The zero-order valence-electron chi connectivity index (χ0n) is 11.6. The molecule has 0 atom stereocenters. The Labute approximate surface area is 125 Å². The molecule has 2 aromatic rings. The van der Waals surface area contributed by atoms with Crippen molar-refractivity contribution in [3.05, 3.63) is 36.2 Å². The van der Waals surface area contributed by atoms with Crippen LogP contribution in [0.25, 0.3) is 5.82 Å². The molecule has 8 heteroatoms. The van der Waals surface area contributed by atoms with Crippen molar-refractivity contribution in [2.45, 2.75) is 25.1 Å². The molecule has 0 spiro atoms. The SMILES string of the molecule is OC(O)c1ccnc(-n2nccc2OCC2CC(F)(F)C2)c1. The molecule has 118 valence electrons. The molecule has 2 N–H and O–H groups in total. The number of pyridine rings is 1. The normalized spacial score (nSPS) is 17.5. The number of halogens is 2. The van der Waals surface area contributed by atoms with E-state index in [-0.39, 0.29) is 30.9 Å². The van der Waals surface area contributed by atoms with Gasteiger partial charge in [-0.05, 0) is 12.1 Å². The smallest absolute Gasteiger partial charge is 0.248 e. The van der Waals surface area contributed by atoms with E-state index < -0.39 is 12.2 Å². The van der Waals surface area contributed by atoms with Gasteiger partial charge in [0.15, 0.2) is 12.1 Å². The van der Waals surface area contributed by atoms with E-state index in [4.69, 9.17) is 4.74 Å². The van der Waals surface area contributed by atoms with Gasteiger partial charge in [0, 0.05) is 36.6 Å². The van der Waals surface area contributed by atoms with Crippen molar-refractivity contribution in [1.29, 1.82) is 0 Å². The molecule has 0 saturated heterocycles. The number of hydrogen-bond acceptors (Lipinski definition) is 5. The van der Waals surface area contributed by atoms with Crippen LogP contribution in [0.2, 0.25) is 0 Å². The Kier molecular flexibility index (Phi) is 3.79. The van der Waals surface area contributed by atoms with Gasteiger partial charge in [-0.3, -0.25) is 0 Å². The average molecular weight is 311 g/mol. The number of aliphatic hydroxyl groups is 2. The summed E-state index contributed by atoms with van der Waals surface area (Å²) < 4.78 is 32.5. The highest BCUT2D eigenvalue weighted by Gasteiger charge is 2.45. The van der Waals surface area contributed by atoms with Gasteiger partial charge < -0.3 is 14.9 Å². The first-order valence-corrected chi connectivity index (χ1v) is 6.82. The van der Waals surface area contributed by atoms with Gasteiger partial charge in [0.25, 0.3) is 0 Å². The predicted octanol–water partition coefficient (Wildman–Crippen LogP) is 1.67. The fourth-order valence-corrected chi connectivity index (χ4v) is 2.39. The second-order valence-electron chi connectivity index (χ2n) is 5.34. The number of aromatic nitrogens is 3. The minimum atomic E-state index is -2.57. The Balaban J connectivity index is 1.71. The summed E-state index contributed by atoms with van der Waals surface area (Å²) in [5.74, 6) is -2.02. The van der Waals surface area contributed by atoms with Gasteiger partial charge >= 0.3 is 0 Å². The Hall–Kier alpha value is -2.06. The van der Waals surface area contributed by atoms with Crippen LogP contribution in [-0.2, 0) is 0 Å². The molecule has 1 aliphatic rings. The fraction of sp³-hybridized carbons (Fsp3) is 0.429. The predicted molar refractivity (Wildman–Crippen MR) is 71.7 cm³/mol. The Bertz CT molecular complexity index is 652. The zero-order chi connectivity index (χ0) is 15.7. The average Bonchev–Trinajstić information content (AvgIpc) is 2.91. The van der Waals surface area contributed by atoms with Crippen LogP contribution in [0.5, 0.6) is 5.88 Å². The van der Waals surface area contributed by atoms with Gasteiger partial charge in [-0.1, -0.05) is 0 Å². The van der Waals surface area contributed by atoms with Crippen LogP contribution in [0, 0.1) is 5.92 Å². The Morgan fingerprint density at radius 1 is 1.32 bits per heavy atom. The lowest BCUT2D eigenvalue weighted by molar-refractivity contribution is -0.119. The first-order valence-electron chi connectivity index (χ1n) is 6.82. The second kappa shape index (κ2) is 5.62. The zero-order valence-corrected chi connectivity index (χ0v) is 11.6. The largest absolute Gasteiger partial charge is 0.477 e. The highest BCUT2D eigenvalue weighted by molar-refractivity contribution is 5.31.